The van der Waals surface area contributed by atoms with E-state index in [0.717, 1.165) is 77.0 Å². The molecular weight excluding hydrogens is 904 g/mol. The molecule has 0 aliphatic heterocycles. The first-order valence-electron chi connectivity index (χ1n) is 28.5. The molecule has 0 amide bonds. The first-order chi connectivity index (χ1) is 34.2. The van der Waals surface area contributed by atoms with E-state index in [2.05, 4.69) is 69.4 Å². The molecule has 0 saturated heterocycles. The van der Waals surface area contributed by atoms with E-state index in [-0.39, 0.29) is 25.9 Å². The van der Waals surface area contributed by atoms with Crippen LogP contribution in [0.25, 0.3) is 0 Å². The second-order valence-corrected chi connectivity index (χ2v) is 20.5. The summed E-state index contributed by atoms with van der Waals surface area (Å²) in [6, 6.07) is 0. The Morgan fingerprint density at radius 2 is 0.743 bits per heavy atom. The molecular formula is C58H105O11P. The van der Waals surface area contributed by atoms with Crippen molar-refractivity contribution in [2.24, 2.45) is 0 Å². The van der Waals surface area contributed by atoms with Crippen LogP contribution in [0.2, 0.25) is 0 Å². The minimum absolute atomic E-state index is 0.163. The van der Waals surface area contributed by atoms with E-state index >= 15 is 0 Å². The van der Waals surface area contributed by atoms with Crippen LogP contribution in [0.4, 0.5) is 0 Å². The van der Waals surface area contributed by atoms with Crippen LogP contribution >= 0.6 is 7.82 Å². The Kier molecular flexibility index (Phi) is 50.8. The number of unbranched alkanes of at least 4 members (excludes halogenated alkanes) is 28. The van der Waals surface area contributed by atoms with E-state index in [1.165, 1.54) is 128 Å². The first-order valence-corrected chi connectivity index (χ1v) is 30.0. The average Bonchev–Trinajstić information content (AvgIpc) is 3.35. The van der Waals surface area contributed by atoms with E-state index < -0.39 is 57.8 Å². The van der Waals surface area contributed by atoms with Crippen LogP contribution in [0.3, 0.4) is 0 Å². The van der Waals surface area contributed by atoms with Crippen molar-refractivity contribution in [2.45, 2.75) is 277 Å². The van der Waals surface area contributed by atoms with Crippen molar-refractivity contribution in [1.29, 1.82) is 0 Å². The summed E-state index contributed by atoms with van der Waals surface area (Å²) in [5.41, 5.74) is 0. The van der Waals surface area contributed by atoms with Crippen LogP contribution in [-0.4, -0.2) is 66.5 Å². The molecule has 0 saturated carbocycles. The highest BCUT2D eigenvalue weighted by molar-refractivity contribution is 7.47. The normalized spacial score (nSPS) is 13.7. The molecule has 408 valence electrons. The monoisotopic (exact) mass is 1010 g/mol. The second kappa shape index (κ2) is 52.8. The van der Waals surface area contributed by atoms with Gasteiger partial charge in [0.25, 0.3) is 0 Å². The Labute approximate surface area is 428 Å². The van der Waals surface area contributed by atoms with Crippen molar-refractivity contribution in [2.75, 3.05) is 26.4 Å². The van der Waals surface area contributed by atoms with Crippen LogP contribution in [-0.2, 0) is 42.2 Å². The van der Waals surface area contributed by atoms with Gasteiger partial charge in [0.05, 0.1) is 19.8 Å². The molecule has 0 heterocycles. The van der Waals surface area contributed by atoms with Crippen LogP contribution in [0.15, 0.2) is 48.6 Å². The number of allylic oxidation sites excluding steroid dienone is 8. The van der Waals surface area contributed by atoms with Gasteiger partial charge in [-0.1, -0.05) is 236 Å². The summed E-state index contributed by atoms with van der Waals surface area (Å²) in [7, 11) is -4.75. The zero-order valence-electron chi connectivity index (χ0n) is 45.0. The van der Waals surface area contributed by atoms with Gasteiger partial charge in [-0.25, -0.2) is 4.57 Å². The highest BCUT2D eigenvalue weighted by atomic mass is 31.2. The first kappa shape index (κ1) is 67.4. The SMILES string of the molecule is CC/C=C\C/C=C\C/C=C\C/C=C\CCCCC(=O)OCC(COP(=O)(O)OCC(CO)OC(=O)CCCCCCCCCCC)OC(=O)CCCCCCCCCCCCCCCCCCCCC. The molecule has 0 aliphatic rings. The van der Waals surface area contributed by atoms with Crippen molar-refractivity contribution in [3.8, 4) is 0 Å². The van der Waals surface area contributed by atoms with Crippen molar-refractivity contribution in [1.82, 2.24) is 0 Å². The van der Waals surface area contributed by atoms with E-state index in [4.69, 9.17) is 23.3 Å². The molecule has 2 N–H and O–H groups in total. The molecule has 0 aromatic carbocycles. The van der Waals surface area contributed by atoms with Gasteiger partial charge in [-0.05, 0) is 57.8 Å². The number of ether oxygens (including phenoxy) is 3. The van der Waals surface area contributed by atoms with Crippen molar-refractivity contribution in [3.63, 3.8) is 0 Å². The zero-order valence-corrected chi connectivity index (χ0v) is 45.9. The van der Waals surface area contributed by atoms with Crippen LogP contribution < -0.4 is 0 Å². The third-order valence-electron chi connectivity index (χ3n) is 12.3. The summed E-state index contributed by atoms with van der Waals surface area (Å²) >= 11 is 0. The molecule has 0 spiro atoms. The topological polar surface area (TPSA) is 155 Å². The van der Waals surface area contributed by atoms with Crippen LogP contribution in [0.5, 0.6) is 0 Å². The summed E-state index contributed by atoms with van der Waals surface area (Å²) in [5.74, 6) is -1.50. The molecule has 3 atom stereocenters. The smallest absolute Gasteiger partial charge is 0.462 e. The second-order valence-electron chi connectivity index (χ2n) is 19.1. The number of hydrogen-bond acceptors (Lipinski definition) is 10. The summed E-state index contributed by atoms with van der Waals surface area (Å²) in [6.45, 7) is 4.49. The van der Waals surface area contributed by atoms with E-state index in [0.29, 0.717) is 19.3 Å². The number of esters is 3. The average molecular weight is 1010 g/mol. The molecule has 70 heavy (non-hydrogen) atoms. The van der Waals surface area contributed by atoms with Gasteiger partial charge in [-0.15, -0.1) is 0 Å². The number of phosphoric acid groups is 1. The predicted octanol–water partition coefficient (Wildman–Crippen LogP) is 16.6. The number of carbonyl (C=O) groups is 3. The molecule has 12 heteroatoms. The molecule has 0 fully saturated rings. The zero-order chi connectivity index (χ0) is 51.3. The van der Waals surface area contributed by atoms with Gasteiger partial charge < -0.3 is 24.2 Å². The predicted molar refractivity (Wildman–Crippen MR) is 289 cm³/mol. The minimum Gasteiger partial charge on any atom is -0.462 e. The maximum absolute atomic E-state index is 12.9. The summed E-state index contributed by atoms with van der Waals surface area (Å²) in [6.07, 6.45) is 55.2. The fraction of sp³-hybridized carbons (Fsp3) is 0.810. The maximum atomic E-state index is 12.9. The summed E-state index contributed by atoms with van der Waals surface area (Å²) < 4.78 is 39.4. The minimum atomic E-state index is -4.75. The Hall–Kier alpha value is -2.56. The Balaban J connectivity index is 4.72. The summed E-state index contributed by atoms with van der Waals surface area (Å²) in [4.78, 5) is 48.4. The van der Waals surface area contributed by atoms with Crippen LogP contribution in [0.1, 0.15) is 265 Å². The van der Waals surface area contributed by atoms with Gasteiger partial charge in [0.1, 0.15) is 12.7 Å². The number of aliphatic hydroxyl groups is 1. The Morgan fingerprint density at radius 3 is 1.14 bits per heavy atom. The number of aliphatic hydroxyl groups excluding tert-OH is 1. The molecule has 0 bridgehead atoms. The third-order valence-corrected chi connectivity index (χ3v) is 13.2. The lowest BCUT2D eigenvalue weighted by Crippen LogP contribution is -2.30. The van der Waals surface area contributed by atoms with Gasteiger partial charge in [-0.3, -0.25) is 23.4 Å². The lowest BCUT2D eigenvalue weighted by atomic mass is 10.0. The van der Waals surface area contributed by atoms with E-state index in [1.807, 2.05) is 0 Å². The molecule has 0 aliphatic carbocycles. The molecule has 0 rings (SSSR count). The highest BCUT2D eigenvalue weighted by Crippen LogP contribution is 2.43. The number of phosphoric ester groups is 1. The lowest BCUT2D eigenvalue weighted by Gasteiger charge is -2.21. The lowest BCUT2D eigenvalue weighted by molar-refractivity contribution is -0.161. The maximum Gasteiger partial charge on any atom is 0.472 e. The molecule has 3 unspecified atom stereocenters. The fourth-order valence-electron chi connectivity index (χ4n) is 7.94. The quantitative estimate of drug-likeness (QED) is 0.0197. The van der Waals surface area contributed by atoms with Crippen LogP contribution in [0, 0.1) is 0 Å². The number of rotatable bonds is 53. The van der Waals surface area contributed by atoms with Gasteiger partial charge >= 0.3 is 25.7 Å². The Morgan fingerprint density at radius 1 is 0.414 bits per heavy atom. The van der Waals surface area contributed by atoms with Gasteiger partial charge in [0, 0.05) is 19.3 Å². The molecule has 0 aromatic rings. The summed E-state index contributed by atoms with van der Waals surface area (Å²) in [5, 5.41) is 9.76. The van der Waals surface area contributed by atoms with Crippen molar-refractivity contribution >= 4 is 25.7 Å². The fourth-order valence-corrected chi connectivity index (χ4v) is 8.72. The standard InChI is InChI=1S/C58H105O11P/c1-4-7-10-13-16-19-21-23-25-26-27-28-30-32-34-37-40-43-46-49-58(62)69-55(51-65-56(60)47-44-41-38-36-33-31-29-24-22-20-17-14-11-8-5-2)53-67-70(63,64)66-52-54(50-59)68-57(61)48-45-42-39-35-18-15-12-9-6-3/h8,11,17,20,24,29,33,36,54-55,59H,4-7,9-10,12-16,18-19,21-23,25-28,30-32,34-35,37-53H2,1-3H3,(H,63,64)/b11-8-,20-17-,29-24-,36-33-. The number of carbonyl (C=O) groups excluding carboxylic acids is 3. The molecule has 11 nitrogen and oxygen atoms in total. The van der Waals surface area contributed by atoms with Crippen molar-refractivity contribution in [3.05, 3.63) is 48.6 Å². The van der Waals surface area contributed by atoms with Gasteiger partial charge in [0.2, 0.25) is 0 Å². The number of hydrogen-bond donors (Lipinski definition) is 2. The largest absolute Gasteiger partial charge is 0.472 e. The van der Waals surface area contributed by atoms with Gasteiger partial charge in [0.15, 0.2) is 6.10 Å². The van der Waals surface area contributed by atoms with Gasteiger partial charge in [-0.2, -0.15) is 0 Å². The molecule has 0 radical (unpaired) electrons. The van der Waals surface area contributed by atoms with E-state index in [1.54, 1.807) is 0 Å². The third kappa shape index (κ3) is 50.4. The highest BCUT2D eigenvalue weighted by Gasteiger charge is 2.28. The van der Waals surface area contributed by atoms with Crippen molar-refractivity contribution < 1.29 is 52.2 Å². The van der Waals surface area contributed by atoms with E-state index in [9.17, 15) is 28.9 Å². The Bertz CT molecular complexity index is 1360. The molecule has 0 aromatic heterocycles.